The second kappa shape index (κ2) is 6.34. The van der Waals surface area contributed by atoms with Crippen LogP contribution in [0, 0.1) is 5.82 Å². The summed E-state index contributed by atoms with van der Waals surface area (Å²) in [5.41, 5.74) is 7.64. The number of hydrogen-bond acceptors (Lipinski definition) is 3. The van der Waals surface area contributed by atoms with E-state index in [4.69, 9.17) is 5.53 Å². The van der Waals surface area contributed by atoms with E-state index in [1.54, 1.807) is 0 Å². The van der Waals surface area contributed by atoms with Gasteiger partial charge >= 0.3 is 0 Å². The van der Waals surface area contributed by atoms with Gasteiger partial charge in [-0.25, -0.2) is 4.39 Å². The van der Waals surface area contributed by atoms with Gasteiger partial charge < -0.3 is 10.4 Å². The molecule has 1 aromatic rings. The lowest BCUT2D eigenvalue weighted by molar-refractivity contribution is 0.0946. The maximum Gasteiger partial charge on any atom is 0.258 e. The summed E-state index contributed by atoms with van der Waals surface area (Å²) >= 11 is 0. The van der Waals surface area contributed by atoms with Gasteiger partial charge in [0.1, 0.15) is 17.1 Å². The fraction of sp³-hybridized carbons (Fsp3) is 0.300. The topological polar surface area (TPSA) is 98.1 Å². The average Bonchev–Trinajstić information content (AvgIpc) is 2.28. The van der Waals surface area contributed by atoms with Gasteiger partial charge in [-0.05, 0) is 24.1 Å². The lowest BCUT2D eigenvalue weighted by Gasteiger charge is -2.06. The average molecular weight is 238 g/mol. The monoisotopic (exact) mass is 238 g/mol. The third-order valence-corrected chi connectivity index (χ3v) is 2.00. The first-order valence-electron chi connectivity index (χ1n) is 4.93. The van der Waals surface area contributed by atoms with Gasteiger partial charge in [0.05, 0.1) is 0 Å². The Morgan fingerprint density at radius 1 is 1.59 bits per heavy atom. The molecule has 0 saturated carbocycles. The number of carbonyl (C=O) groups excluding carboxylic acids is 1. The molecular formula is C10H11FN4O2. The van der Waals surface area contributed by atoms with Gasteiger partial charge in [0.2, 0.25) is 0 Å². The van der Waals surface area contributed by atoms with Crippen LogP contribution < -0.4 is 5.32 Å². The van der Waals surface area contributed by atoms with Crippen LogP contribution in [0.15, 0.2) is 23.3 Å². The van der Waals surface area contributed by atoms with Crippen molar-refractivity contribution in [1.29, 1.82) is 0 Å². The highest BCUT2D eigenvalue weighted by atomic mass is 19.1. The number of amides is 1. The molecule has 90 valence electrons. The zero-order chi connectivity index (χ0) is 12.7. The molecule has 0 aromatic heterocycles. The van der Waals surface area contributed by atoms with E-state index in [1.165, 1.54) is 12.1 Å². The molecule has 1 amide bonds. The number of nitrogens with one attached hydrogen (secondary N) is 1. The van der Waals surface area contributed by atoms with Crippen LogP contribution in [0.4, 0.5) is 4.39 Å². The van der Waals surface area contributed by atoms with Crippen molar-refractivity contribution in [1.82, 2.24) is 5.32 Å². The van der Waals surface area contributed by atoms with Crippen molar-refractivity contribution < 1.29 is 14.3 Å². The molecule has 2 N–H and O–H groups in total. The van der Waals surface area contributed by atoms with E-state index in [0.29, 0.717) is 6.42 Å². The highest BCUT2D eigenvalue weighted by Gasteiger charge is 2.15. The van der Waals surface area contributed by atoms with E-state index in [2.05, 4.69) is 15.3 Å². The van der Waals surface area contributed by atoms with Gasteiger partial charge in [-0.1, -0.05) is 11.2 Å². The Balaban J connectivity index is 2.55. The number of carbonyl (C=O) groups is 1. The van der Waals surface area contributed by atoms with Crippen LogP contribution in [0.25, 0.3) is 10.4 Å². The number of rotatable bonds is 5. The van der Waals surface area contributed by atoms with Crippen LogP contribution in [0.1, 0.15) is 16.8 Å². The first-order valence-corrected chi connectivity index (χ1v) is 4.93. The molecule has 0 atom stereocenters. The highest BCUT2D eigenvalue weighted by molar-refractivity contribution is 5.97. The van der Waals surface area contributed by atoms with Crippen LogP contribution >= 0.6 is 0 Å². The van der Waals surface area contributed by atoms with Crippen LogP contribution in [0.5, 0.6) is 5.75 Å². The minimum atomic E-state index is -0.780. The second-order valence-electron chi connectivity index (χ2n) is 3.20. The minimum Gasteiger partial charge on any atom is -0.507 e. The van der Waals surface area contributed by atoms with Gasteiger partial charge in [0.25, 0.3) is 5.91 Å². The zero-order valence-electron chi connectivity index (χ0n) is 8.93. The Hall–Kier alpha value is -2.27. The van der Waals surface area contributed by atoms with E-state index in [1.807, 2.05) is 0 Å². The number of nitrogens with zero attached hydrogens (tertiary/aromatic N) is 3. The van der Waals surface area contributed by atoms with E-state index in [9.17, 15) is 14.3 Å². The summed E-state index contributed by atoms with van der Waals surface area (Å²) in [5, 5.41) is 15.0. The third-order valence-electron chi connectivity index (χ3n) is 2.00. The molecule has 0 heterocycles. The van der Waals surface area contributed by atoms with Crippen molar-refractivity contribution in [3.05, 3.63) is 40.0 Å². The first kappa shape index (κ1) is 12.8. The lowest BCUT2D eigenvalue weighted by atomic mass is 10.1. The number of phenols is 1. The van der Waals surface area contributed by atoms with Gasteiger partial charge in [-0.2, -0.15) is 0 Å². The van der Waals surface area contributed by atoms with E-state index >= 15 is 0 Å². The van der Waals surface area contributed by atoms with Crippen molar-refractivity contribution in [3.8, 4) is 5.75 Å². The summed E-state index contributed by atoms with van der Waals surface area (Å²) in [6.07, 6.45) is 0.449. The molecule has 6 nitrogen and oxygen atoms in total. The second-order valence-corrected chi connectivity index (χ2v) is 3.20. The molecule has 0 aliphatic rings. The smallest absolute Gasteiger partial charge is 0.258 e. The molecule has 0 unspecified atom stereocenters. The standard InChI is InChI=1S/C10H11FN4O2/c11-7-3-1-4-8(16)9(7)10(17)13-5-2-6-14-15-12/h1,3-4,16H,2,5-6H2,(H,13,17). The van der Waals surface area contributed by atoms with Crippen LogP contribution in [0.2, 0.25) is 0 Å². The molecule has 7 heteroatoms. The molecule has 0 radical (unpaired) electrons. The largest absolute Gasteiger partial charge is 0.507 e. The summed E-state index contributed by atoms with van der Waals surface area (Å²) in [7, 11) is 0. The Morgan fingerprint density at radius 2 is 2.35 bits per heavy atom. The van der Waals surface area contributed by atoms with Crippen molar-refractivity contribution in [2.45, 2.75) is 6.42 Å². The molecular weight excluding hydrogens is 227 g/mol. The first-order chi connectivity index (χ1) is 8.16. The van der Waals surface area contributed by atoms with Crippen LogP contribution in [-0.4, -0.2) is 24.1 Å². The molecule has 0 saturated heterocycles. The van der Waals surface area contributed by atoms with Gasteiger partial charge in [0.15, 0.2) is 0 Å². The number of benzene rings is 1. The van der Waals surface area contributed by atoms with E-state index in [-0.39, 0.29) is 18.7 Å². The fourth-order valence-corrected chi connectivity index (χ4v) is 1.22. The predicted molar refractivity (Wildman–Crippen MR) is 59.0 cm³/mol. The van der Waals surface area contributed by atoms with Gasteiger partial charge in [-0.3, -0.25) is 4.79 Å². The van der Waals surface area contributed by atoms with Crippen molar-refractivity contribution >= 4 is 5.91 Å². The SMILES string of the molecule is [N-]=[N+]=NCCCNC(=O)c1c(O)cccc1F. The Morgan fingerprint density at radius 3 is 3.00 bits per heavy atom. The predicted octanol–water partition coefficient (Wildman–Crippen LogP) is 1.96. The molecule has 0 aliphatic carbocycles. The van der Waals surface area contributed by atoms with Crippen molar-refractivity contribution in [2.75, 3.05) is 13.1 Å². The number of hydrogen-bond donors (Lipinski definition) is 2. The number of halogens is 1. The number of aromatic hydroxyl groups is 1. The summed E-state index contributed by atoms with van der Waals surface area (Å²) in [5.74, 6) is -1.88. The fourth-order valence-electron chi connectivity index (χ4n) is 1.22. The molecule has 0 bridgehead atoms. The minimum absolute atomic E-state index is 0.242. The molecule has 0 fully saturated rings. The third kappa shape index (κ3) is 3.66. The summed E-state index contributed by atoms with van der Waals surface area (Å²) in [6.45, 7) is 0.492. The van der Waals surface area contributed by atoms with E-state index in [0.717, 1.165) is 6.07 Å². The molecule has 17 heavy (non-hydrogen) atoms. The quantitative estimate of drug-likeness (QED) is 0.354. The van der Waals surface area contributed by atoms with Gasteiger partial charge in [0, 0.05) is 18.0 Å². The zero-order valence-corrected chi connectivity index (χ0v) is 8.93. The highest BCUT2D eigenvalue weighted by Crippen LogP contribution is 2.19. The summed E-state index contributed by atoms with van der Waals surface area (Å²) in [4.78, 5) is 14.1. The van der Waals surface area contributed by atoms with Crippen LogP contribution in [-0.2, 0) is 0 Å². The number of azide groups is 1. The molecule has 1 rings (SSSR count). The number of phenolic OH excluding ortho intramolecular Hbond substituents is 1. The van der Waals surface area contributed by atoms with Crippen molar-refractivity contribution in [2.24, 2.45) is 5.11 Å². The molecule has 0 spiro atoms. The van der Waals surface area contributed by atoms with Crippen molar-refractivity contribution in [3.63, 3.8) is 0 Å². The molecule has 1 aromatic carbocycles. The Labute approximate surface area is 96.7 Å². The summed E-state index contributed by atoms with van der Waals surface area (Å²) < 4.78 is 13.2. The summed E-state index contributed by atoms with van der Waals surface area (Å²) in [6, 6.07) is 3.63. The van der Waals surface area contributed by atoms with E-state index < -0.39 is 17.5 Å². The van der Waals surface area contributed by atoms with Gasteiger partial charge in [-0.15, -0.1) is 0 Å². The normalized spacial score (nSPS) is 9.47. The molecule has 0 aliphatic heterocycles. The van der Waals surface area contributed by atoms with Crippen LogP contribution in [0.3, 0.4) is 0 Å². The maximum atomic E-state index is 13.2. The Bertz CT molecular complexity index is 437. The lowest BCUT2D eigenvalue weighted by Crippen LogP contribution is -2.25. The Kier molecular flexibility index (Phi) is 4.77. The maximum absolute atomic E-state index is 13.2.